The fourth-order valence-electron chi connectivity index (χ4n) is 4.90. The molecule has 3 rings (SSSR count). The van der Waals surface area contributed by atoms with Crippen LogP contribution in [0.2, 0.25) is 5.02 Å². The minimum atomic E-state index is -0.0191. The van der Waals surface area contributed by atoms with E-state index in [1.165, 1.54) is 0 Å². The molecule has 1 aliphatic carbocycles. The highest BCUT2D eigenvalue weighted by Crippen LogP contribution is 2.31. The molecule has 252 valence electrons. The fourth-order valence-corrected chi connectivity index (χ4v) is 5.03. The molecule has 11 heteroatoms. The van der Waals surface area contributed by atoms with Crippen LogP contribution in [0.3, 0.4) is 0 Å². The van der Waals surface area contributed by atoms with Crippen LogP contribution in [0.4, 0.5) is 5.69 Å². The van der Waals surface area contributed by atoms with Gasteiger partial charge in [0.15, 0.2) is 18.8 Å². The van der Waals surface area contributed by atoms with Gasteiger partial charge in [0.25, 0.3) is 0 Å². The van der Waals surface area contributed by atoms with Crippen LogP contribution in [0.15, 0.2) is 78.4 Å². The minimum absolute atomic E-state index is 0.0191. The van der Waals surface area contributed by atoms with E-state index >= 15 is 0 Å². The van der Waals surface area contributed by atoms with Crippen LogP contribution in [-0.4, -0.2) is 136 Å². The maximum absolute atomic E-state index is 9.06. The zero-order chi connectivity index (χ0) is 32.8. The molecule has 2 aromatic carbocycles. The van der Waals surface area contributed by atoms with Gasteiger partial charge in [-0.3, -0.25) is 0 Å². The summed E-state index contributed by atoms with van der Waals surface area (Å²) >= 11 is 6.25. The molecule has 0 saturated carbocycles. The topological polar surface area (TPSA) is 124 Å². The molecule has 4 N–H and O–H groups in total. The third kappa shape index (κ3) is 13.1. The predicted molar refractivity (Wildman–Crippen MR) is 181 cm³/mol. The lowest BCUT2D eigenvalue weighted by Crippen LogP contribution is -2.31. The number of aliphatic hydroxyl groups is 4. The molecule has 0 aromatic heterocycles. The average molecular weight is 660 g/mol. The van der Waals surface area contributed by atoms with E-state index in [0.717, 1.165) is 33.7 Å². The number of nitrogens with zero attached hydrogens (tertiary/aromatic N) is 2. The van der Waals surface area contributed by atoms with Gasteiger partial charge >= 0.3 is 0 Å². The number of rotatable bonds is 23. The second-order valence-electron chi connectivity index (χ2n) is 10.3. The van der Waals surface area contributed by atoms with Crippen molar-refractivity contribution in [1.82, 2.24) is 0 Å². The fraction of sp³-hybridized carbons (Fsp3) is 0.457. The van der Waals surface area contributed by atoms with E-state index < -0.39 is 0 Å². The van der Waals surface area contributed by atoms with Gasteiger partial charge < -0.3 is 44.3 Å². The standard InChI is InChI=1S/C35H48ClN2O8/c36-32-7-1-29(2-8-32)35(30-3-9-33(10-4-30)37(13-21-43-25-17-39)14-22-44-26-18-40)31-5-11-34(12-6-31)38(15-23-45-27-19-41)16-24-46-28-20-42/h1-12,39-42H,13-28H2/q+1. The van der Waals surface area contributed by atoms with Crippen LogP contribution in [0.5, 0.6) is 0 Å². The lowest BCUT2D eigenvalue weighted by molar-refractivity contribution is -0.532. The van der Waals surface area contributed by atoms with E-state index in [9.17, 15) is 0 Å². The second-order valence-corrected chi connectivity index (χ2v) is 10.7. The van der Waals surface area contributed by atoms with Gasteiger partial charge in [-0.2, -0.15) is 0 Å². The van der Waals surface area contributed by atoms with Crippen LogP contribution in [0.25, 0.3) is 5.57 Å². The third-order valence-electron chi connectivity index (χ3n) is 7.14. The number of hydrogen-bond donors (Lipinski definition) is 4. The summed E-state index contributed by atoms with van der Waals surface area (Å²) in [5.41, 5.74) is 6.19. The number of benzene rings is 2. The summed E-state index contributed by atoms with van der Waals surface area (Å²) < 4.78 is 24.2. The van der Waals surface area contributed by atoms with Crippen LogP contribution in [-0.2, 0) is 18.9 Å². The summed E-state index contributed by atoms with van der Waals surface area (Å²) in [7, 11) is 0. The van der Waals surface area contributed by atoms with E-state index in [0.29, 0.717) is 84.1 Å². The highest BCUT2D eigenvalue weighted by Gasteiger charge is 2.17. The van der Waals surface area contributed by atoms with Gasteiger partial charge in [-0.1, -0.05) is 35.9 Å². The molecule has 0 radical (unpaired) electrons. The molecule has 2 aromatic rings. The van der Waals surface area contributed by atoms with Crippen molar-refractivity contribution in [3.05, 3.63) is 94.6 Å². The Bertz CT molecular complexity index is 1220. The Morgan fingerprint density at radius 2 is 1.00 bits per heavy atom. The summed E-state index contributed by atoms with van der Waals surface area (Å²) in [6.45, 7) is 5.47. The first-order valence-electron chi connectivity index (χ1n) is 15.7. The predicted octanol–water partition coefficient (Wildman–Crippen LogP) is 2.56. The molecule has 0 atom stereocenters. The summed E-state index contributed by atoms with van der Waals surface area (Å²) in [4.78, 5) is 2.17. The molecule has 46 heavy (non-hydrogen) atoms. The van der Waals surface area contributed by atoms with Crippen molar-refractivity contribution in [1.29, 1.82) is 0 Å². The first-order chi connectivity index (χ1) is 22.6. The maximum atomic E-state index is 9.06. The Labute approximate surface area is 277 Å². The summed E-state index contributed by atoms with van der Waals surface area (Å²) in [6, 6.07) is 16.2. The lowest BCUT2D eigenvalue weighted by atomic mass is 9.90. The van der Waals surface area contributed by atoms with E-state index in [4.69, 9.17) is 51.0 Å². The Kier molecular flexibility index (Phi) is 18.4. The molecule has 0 bridgehead atoms. The van der Waals surface area contributed by atoms with Gasteiger partial charge in [0.1, 0.15) is 13.2 Å². The van der Waals surface area contributed by atoms with Gasteiger partial charge in [0.05, 0.1) is 66.1 Å². The molecule has 0 amide bonds. The van der Waals surface area contributed by atoms with Gasteiger partial charge in [0, 0.05) is 36.0 Å². The SMILES string of the molecule is OCCOCCN(CCOCCO)c1ccc(C(=C2C=CC(=[N+](CCOCCO)CCOCCO)C=C2)c2ccc(Cl)cc2)cc1. The number of halogens is 1. The van der Waals surface area contributed by atoms with Gasteiger partial charge in [-0.25, -0.2) is 4.58 Å². The first-order valence-corrected chi connectivity index (χ1v) is 16.1. The molecule has 0 fully saturated rings. The molecule has 0 aliphatic heterocycles. The minimum Gasteiger partial charge on any atom is -0.394 e. The summed E-state index contributed by atoms with van der Waals surface area (Å²) in [5.74, 6) is 0. The molecule has 0 heterocycles. The second kappa shape index (κ2) is 22.6. The van der Waals surface area contributed by atoms with E-state index in [-0.39, 0.29) is 26.4 Å². The molecule has 0 spiro atoms. The zero-order valence-electron chi connectivity index (χ0n) is 26.4. The van der Waals surface area contributed by atoms with Crippen molar-refractivity contribution >= 4 is 28.6 Å². The molecular formula is C35H48ClN2O8+. The average Bonchev–Trinajstić information content (AvgIpc) is 3.08. The van der Waals surface area contributed by atoms with Crippen molar-refractivity contribution in [2.45, 2.75) is 0 Å². The van der Waals surface area contributed by atoms with Gasteiger partial charge in [-0.05, 0) is 58.7 Å². The van der Waals surface area contributed by atoms with E-state index in [1.54, 1.807) is 0 Å². The summed E-state index contributed by atoms with van der Waals surface area (Å²) in [6.07, 6.45) is 8.37. The first kappa shape index (κ1) is 37.6. The van der Waals surface area contributed by atoms with Crippen molar-refractivity contribution in [3.63, 3.8) is 0 Å². The van der Waals surface area contributed by atoms with Crippen LogP contribution in [0, 0.1) is 0 Å². The quantitative estimate of drug-likeness (QED) is 0.105. The monoisotopic (exact) mass is 659 g/mol. The smallest absolute Gasteiger partial charge is 0.200 e. The van der Waals surface area contributed by atoms with E-state index in [1.807, 2.05) is 24.3 Å². The number of ether oxygens (including phenoxy) is 4. The normalized spacial score (nSPS) is 12.6. The van der Waals surface area contributed by atoms with Crippen molar-refractivity contribution in [2.75, 3.05) is 110 Å². The lowest BCUT2D eigenvalue weighted by Gasteiger charge is -2.25. The Morgan fingerprint density at radius 1 is 0.565 bits per heavy atom. The highest BCUT2D eigenvalue weighted by molar-refractivity contribution is 6.30. The van der Waals surface area contributed by atoms with Crippen LogP contribution >= 0.6 is 11.6 Å². The van der Waals surface area contributed by atoms with Crippen molar-refractivity contribution in [2.24, 2.45) is 0 Å². The van der Waals surface area contributed by atoms with Crippen LogP contribution in [0.1, 0.15) is 11.1 Å². The number of allylic oxidation sites excluding steroid dienone is 5. The molecule has 10 nitrogen and oxygen atoms in total. The van der Waals surface area contributed by atoms with Crippen molar-refractivity contribution < 1.29 is 43.9 Å². The molecular weight excluding hydrogens is 612 g/mol. The Balaban J connectivity index is 1.91. The maximum Gasteiger partial charge on any atom is 0.200 e. The highest BCUT2D eigenvalue weighted by atomic mass is 35.5. The van der Waals surface area contributed by atoms with Crippen LogP contribution < -0.4 is 4.90 Å². The Hall–Kier alpha value is -2.90. The van der Waals surface area contributed by atoms with Crippen molar-refractivity contribution in [3.8, 4) is 0 Å². The Morgan fingerprint density at radius 3 is 1.46 bits per heavy atom. The number of aliphatic hydroxyl groups excluding tert-OH is 4. The van der Waals surface area contributed by atoms with E-state index in [2.05, 4.69) is 58.0 Å². The molecule has 0 unspecified atom stereocenters. The largest absolute Gasteiger partial charge is 0.394 e. The number of anilines is 1. The summed E-state index contributed by atoms with van der Waals surface area (Å²) in [5, 5.41) is 36.9. The zero-order valence-corrected chi connectivity index (χ0v) is 27.2. The van der Waals surface area contributed by atoms with Gasteiger partial charge in [-0.15, -0.1) is 0 Å². The van der Waals surface area contributed by atoms with Gasteiger partial charge in [0.2, 0.25) is 0 Å². The third-order valence-corrected chi connectivity index (χ3v) is 7.39. The molecule has 0 saturated heterocycles. The number of hydrogen-bond acceptors (Lipinski definition) is 9. The molecule has 1 aliphatic rings.